The maximum absolute atomic E-state index is 13.9. The van der Waals surface area contributed by atoms with Crippen molar-refractivity contribution in [3.63, 3.8) is 0 Å². The van der Waals surface area contributed by atoms with Gasteiger partial charge in [0.1, 0.15) is 5.82 Å². The number of rotatable bonds is 9. The first-order valence-electron chi connectivity index (χ1n) is 7.45. The van der Waals surface area contributed by atoms with Crippen LogP contribution in [0.2, 0.25) is 0 Å². The van der Waals surface area contributed by atoms with Gasteiger partial charge in [-0.3, -0.25) is 4.79 Å². The number of hydrogen-bond acceptors (Lipinski definition) is 4. The van der Waals surface area contributed by atoms with Gasteiger partial charge in [0.05, 0.1) is 10.5 Å². The molecule has 0 heterocycles. The van der Waals surface area contributed by atoms with Crippen molar-refractivity contribution < 1.29 is 22.3 Å². The highest BCUT2D eigenvalue weighted by atomic mass is 32.2. The number of amides is 1. The second kappa shape index (κ2) is 8.95. The summed E-state index contributed by atoms with van der Waals surface area (Å²) in [7, 11) is -2.19. The lowest BCUT2D eigenvalue weighted by Crippen LogP contribution is -2.31. The van der Waals surface area contributed by atoms with E-state index in [2.05, 4.69) is 5.32 Å². The molecule has 0 bridgehead atoms. The Morgan fingerprint density at radius 1 is 1.30 bits per heavy atom. The van der Waals surface area contributed by atoms with E-state index < -0.39 is 21.7 Å². The molecule has 0 aliphatic carbocycles. The normalized spacial score (nSPS) is 11.7. The minimum atomic E-state index is -3.74. The number of nitrogens with one attached hydrogen (secondary N) is 1. The molecule has 0 spiro atoms. The van der Waals surface area contributed by atoms with Crippen molar-refractivity contribution in [3.05, 3.63) is 29.6 Å². The fourth-order valence-electron chi connectivity index (χ4n) is 2.07. The maximum atomic E-state index is 13.9. The third-order valence-electron chi connectivity index (χ3n) is 3.34. The van der Waals surface area contributed by atoms with E-state index in [1.807, 2.05) is 0 Å². The highest BCUT2D eigenvalue weighted by Gasteiger charge is 2.24. The standard InChI is InChI=1S/C15H23FN2O4S/c1-4-18(5-2)23(20,21)12-7-8-14(16)13(11-12)15(19)17-9-6-10-22-3/h7-8,11H,4-6,9-10H2,1-3H3,(H,17,19). The van der Waals surface area contributed by atoms with E-state index in [1.165, 1.54) is 10.4 Å². The number of carbonyl (C=O) groups excluding carboxylic acids is 1. The summed E-state index contributed by atoms with van der Waals surface area (Å²) in [5, 5.41) is 2.54. The van der Waals surface area contributed by atoms with E-state index in [0.717, 1.165) is 12.1 Å². The Kier molecular flexibility index (Phi) is 7.60. The van der Waals surface area contributed by atoms with Gasteiger partial charge in [0, 0.05) is 33.4 Å². The summed E-state index contributed by atoms with van der Waals surface area (Å²) in [5.74, 6) is -1.40. The number of methoxy groups -OCH3 is 1. The molecule has 1 amide bonds. The largest absolute Gasteiger partial charge is 0.385 e. The average Bonchev–Trinajstić information content (AvgIpc) is 2.52. The summed E-state index contributed by atoms with van der Waals surface area (Å²) >= 11 is 0. The Balaban J connectivity index is 3.01. The molecular weight excluding hydrogens is 323 g/mol. The first-order chi connectivity index (χ1) is 10.9. The van der Waals surface area contributed by atoms with Crippen molar-refractivity contribution in [2.24, 2.45) is 0 Å². The molecule has 23 heavy (non-hydrogen) atoms. The molecule has 0 aromatic heterocycles. The fourth-order valence-corrected chi connectivity index (χ4v) is 3.55. The molecule has 1 aromatic carbocycles. The van der Waals surface area contributed by atoms with Gasteiger partial charge in [0.2, 0.25) is 10.0 Å². The first-order valence-corrected chi connectivity index (χ1v) is 8.89. The van der Waals surface area contributed by atoms with Crippen LogP contribution < -0.4 is 5.32 Å². The van der Waals surface area contributed by atoms with E-state index in [-0.39, 0.29) is 10.5 Å². The Morgan fingerprint density at radius 3 is 2.52 bits per heavy atom. The highest BCUT2D eigenvalue weighted by Crippen LogP contribution is 2.19. The predicted octanol–water partition coefficient (Wildman–Crippen LogP) is 1.62. The molecule has 0 unspecified atom stereocenters. The van der Waals surface area contributed by atoms with E-state index in [0.29, 0.717) is 32.7 Å². The van der Waals surface area contributed by atoms with Crippen LogP contribution in [0.15, 0.2) is 23.1 Å². The van der Waals surface area contributed by atoms with Gasteiger partial charge in [-0.25, -0.2) is 12.8 Å². The summed E-state index contributed by atoms with van der Waals surface area (Å²) in [6.45, 7) is 4.82. The molecule has 0 saturated heterocycles. The average molecular weight is 346 g/mol. The maximum Gasteiger partial charge on any atom is 0.254 e. The zero-order chi connectivity index (χ0) is 17.5. The van der Waals surface area contributed by atoms with Crippen LogP contribution in [0, 0.1) is 5.82 Å². The van der Waals surface area contributed by atoms with Crippen LogP contribution in [-0.2, 0) is 14.8 Å². The van der Waals surface area contributed by atoms with Crippen LogP contribution in [-0.4, -0.2) is 52.0 Å². The summed E-state index contributed by atoms with van der Waals surface area (Å²) in [6.07, 6.45) is 0.585. The molecule has 0 saturated carbocycles. The molecule has 130 valence electrons. The predicted molar refractivity (Wildman–Crippen MR) is 85.3 cm³/mol. The molecule has 0 fully saturated rings. The number of sulfonamides is 1. The van der Waals surface area contributed by atoms with E-state index in [4.69, 9.17) is 4.74 Å². The van der Waals surface area contributed by atoms with Crippen molar-refractivity contribution >= 4 is 15.9 Å². The van der Waals surface area contributed by atoms with E-state index in [1.54, 1.807) is 21.0 Å². The van der Waals surface area contributed by atoms with Crippen LogP contribution in [0.4, 0.5) is 4.39 Å². The summed E-state index contributed by atoms with van der Waals surface area (Å²) in [6, 6.07) is 3.25. The Labute approximate surface area is 136 Å². The first kappa shape index (κ1) is 19.5. The zero-order valence-electron chi connectivity index (χ0n) is 13.6. The van der Waals surface area contributed by atoms with Crippen LogP contribution in [0.3, 0.4) is 0 Å². The second-order valence-electron chi connectivity index (χ2n) is 4.83. The number of halogens is 1. The van der Waals surface area contributed by atoms with Gasteiger partial charge in [-0.1, -0.05) is 13.8 Å². The number of nitrogens with zero attached hydrogens (tertiary/aromatic N) is 1. The molecule has 0 radical (unpaired) electrons. The Hall–Kier alpha value is -1.51. The van der Waals surface area contributed by atoms with Crippen molar-refractivity contribution in [2.45, 2.75) is 25.2 Å². The van der Waals surface area contributed by atoms with Crippen molar-refractivity contribution in [3.8, 4) is 0 Å². The Bertz CT molecular complexity index is 630. The minimum absolute atomic E-state index is 0.0929. The van der Waals surface area contributed by atoms with Gasteiger partial charge >= 0.3 is 0 Å². The third kappa shape index (κ3) is 4.98. The van der Waals surface area contributed by atoms with Crippen LogP contribution in [0.1, 0.15) is 30.6 Å². The molecule has 6 nitrogen and oxygen atoms in total. The quantitative estimate of drug-likeness (QED) is 0.690. The SMILES string of the molecule is CCN(CC)S(=O)(=O)c1ccc(F)c(C(=O)NCCCOC)c1. The number of ether oxygens (including phenoxy) is 1. The minimum Gasteiger partial charge on any atom is -0.385 e. The highest BCUT2D eigenvalue weighted by molar-refractivity contribution is 7.89. The lowest BCUT2D eigenvalue weighted by Gasteiger charge is -2.19. The van der Waals surface area contributed by atoms with Crippen molar-refractivity contribution in [2.75, 3.05) is 33.4 Å². The third-order valence-corrected chi connectivity index (χ3v) is 5.38. The topological polar surface area (TPSA) is 75.7 Å². The number of benzene rings is 1. The summed E-state index contributed by atoms with van der Waals surface area (Å²) in [4.78, 5) is 11.9. The van der Waals surface area contributed by atoms with Gasteiger partial charge < -0.3 is 10.1 Å². The summed E-state index contributed by atoms with van der Waals surface area (Å²) < 4.78 is 44.8. The molecule has 0 aliphatic heterocycles. The van der Waals surface area contributed by atoms with Gasteiger partial charge in [0.25, 0.3) is 5.91 Å². The summed E-state index contributed by atoms with van der Waals surface area (Å²) in [5.41, 5.74) is -0.282. The molecule has 1 rings (SSSR count). The van der Waals surface area contributed by atoms with E-state index >= 15 is 0 Å². The van der Waals surface area contributed by atoms with Crippen molar-refractivity contribution in [1.29, 1.82) is 0 Å². The smallest absolute Gasteiger partial charge is 0.254 e. The monoisotopic (exact) mass is 346 g/mol. The lowest BCUT2D eigenvalue weighted by atomic mass is 10.2. The van der Waals surface area contributed by atoms with Crippen LogP contribution in [0.5, 0.6) is 0 Å². The molecule has 1 aromatic rings. The van der Waals surface area contributed by atoms with Crippen LogP contribution >= 0.6 is 0 Å². The molecule has 0 aliphatic rings. The molecular formula is C15H23FN2O4S. The van der Waals surface area contributed by atoms with Gasteiger partial charge in [-0.05, 0) is 24.6 Å². The molecule has 0 atom stereocenters. The fraction of sp³-hybridized carbons (Fsp3) is 0.533. The van der Waals surface area contributed by atoms with Gasteiger partial charge in [-0.2, -0.15) is 4.31 Å². The van der Waals surface area contributed by atoms with E-state index in [9.17, 15) is 17.6 Å². The molecule has 8 heteroatoms. The zero-order valence-corrected chi connectivity index (χ0v) is 14.5. The van der Waals surface area contributed by atoms with Crippen molar-refractivity contribution in [1.82, 2.24) is 9.62 Å². The number of hydrogen-bond donors (Lipinski definition) is 1. The number of carbonyl (C=O) groups is 1. The Morgan fingerprint density at radius 2 is 1.96 bits per heavy atom. The van der Waals surface area contributed by atoms with Gasteiger partial charge in [-0.15, -0.1) is 0 Å². The second-order valence-corrected chi connectivity index (χ2v) is 6.77. The lowest BCUT2D eigenvalue weighted by molar-refractivity contribution is 0.0944. The molecule has 1 N–H and O–H groups in total. The van der Waals surface area contributed by atoms with Crippen LogP contribution in [0.25, 0.3) is 0 Å². The van der Waals surface area contributed by atoms with Gasteiger partial charge in [0.15, 0.2) is 0 Å².